The molecule has 1 aliphatic rings. The summed E-state index contributed by atoms with van der Waals surface area (Å²) in [6, 6.07) is 15.3. The van der Waals surface area contributed by atoms with E-state index in [1.807, 2.05) is 69.3 Å². The molecule has 1 N–H and O–H groups in total. The fourth-order valence-electron chi connectivity index (χ4n) is 5.49. The fourth-order valence-corrected chi connectivity index (χ4v) is 5.49. The first kappa shape index (κ1) is 30.4. The Hall–Kier alpha value is -3.16. The van der Waals surface area contributed by atoms with Crippen molar-refractivity contribution < 1.29 is 19.1 Å². The quantitative estimate of drug-likeness (QED) is 0.224. The Morgan fingerprint density at radius 1 is 1.05 bits per heavy atom. The van der Waals surface area contributed by atoms with Crippen LogP contribution in [0.1, 0.15) is 75.7 Å². The zero-order chi connectivity index (χ0) is 28.6. The number of hydrogen-bond acceptors (Lipinski definition) is 5. The zero-order valence-electron chi connectivity index (χ0n) is 24.4. The molecule has 3 amide bonds. The van der Waals surface area contributed by atoms with E-state index in [4.69, 9.17) is 9.47 Å². The van der Waals surface area contributed by atoms with Gasteiger partial charge in [-0.1, -0.05) is 75.7 Å². The number of imide groups is 1. The Labute approximate surface area is 234 Å². The van der Waals surface area contributed by atoms with Gasteiger partial charge in [0.1, 0.15) is 11.2 Å². The summed E-state index contributed by atoms with van der Waals surface area (Å²) in [5.41, 5.74) is 2.50. The van der Waals surface area contributed by atoms with Gasteiger partial charge in [-0.05, 0) is 62.5 Å². The van der Waals surface area contributed by atoms with E-state index in [9.17, 15) is 9.59 Å². The van der Waals surface area contributed by atoms with Crippen LogP contribution < -0.4 is 10.1 Å². The minimum Gasteiger partial charge on any atom is -0.469 e. The van der Waals surface area contributed by atoms with E-state index in [1.54, 1.807) is 13.2 Å². The van der Waals surface area contributed by atoms with Crippen molar-refractivity contribution >= 4 is 11.9 Å². The van der Waals surface area contributed by atoms with Crippen molar-refractivity contribution in [3.8, 4) is 5.75 Å². The van der Waals surface area contributed by atoms with E-state index in [-0.39, 0.29) is 18.0 Å². The standard InChI is InChI=1S/C32H45N3O4/c1-8-13-27(24-16-14-23(6)15-17-24)33-31(37)35-29(36)32(9-2,10-3)30(35)39-26-20-18-25(19-21-26)28(22-38-7)34(11-4)12-5/h8,14-21,27-28,30H,1,9-13,22H2,2-7H3,(H,33,37)/t27?,28-,30-/m0/s1. The van der Waals surface area contributed by atoms with Crippen molar-refractivity contribution in [3.63, 3.8) is 0 Å². The number of carbonyl (C=O) groups is 2. The highest BCUT2D eigenvalue weighted by molar-refractivity contribution is 6.03. The van der Waals surface area contributed by atoms with Gasteiger partial charge < -0.3 is 14.8 Å². The highest BCUT2D eigenvalue weighted by Gasteiger charge is 2.63. The summed E-state index contributed by atoms with van der Waals surface area (Å²) in [4.78, 5) is 30.5. The molecule has 1 heterocycles. The van der Waals surface area contributed by atoms with Gasteiger partial charge in [-0.2, -0.15) is 0 Å². The molecule has 3 rings (SSSR count). The van der Waals surface area contributed by atoms with E-state index in [2.05, 4.69) is 30.6 Å². The molecule has 0 saturated carbocycles. The van der Waals surface area contributed by atoms with Crippen LogP contribution in [0.2, 0.25) is 0 Å². The van der Waals surface area contributed by atoms with Crippen molar-refractivity contribution in [1.82, 2.24) is 15.1 Å². The summed E-state index contributed by atoms with van der Waals surface area (Å²) in [6.45, 7) is 16.5. The van der Waals surface area contributed by atoms with E-state index in [0.717, 1.165) is 29.8 Å². The molecule has 39 heavy (non-hydrogen) atoms. The Morgan fingerprint density at radius 3 is 2.15 bits per heavy atom. The molecule has 0 aromatic heterocycles. The van der Waals surface area contributed by atoms with Crippen LogP contribution in [-0.2, 0) is 9.53 Å². The lowest BCUT2D eigenvalue weighted by Gasteiger charge is -2.53. The van der Waals surface area contributed by atoms with Gasteiger partial charge in [0.2, 0.25) is 5.91 Å². The number of likely N-dealkylation sites (tertiary alicyclic amines) is 1. The van der Waals surface area contributed by atoms with Crippen LogP contribution in [0.15, 0.2) is 61.2 Å². The summed E-state index contributed by atoms with van der Waals surface area (Å²) < 4.78 is 11.9. The van der Waals surface area contributed by atoms with Crippen molar-refractivity contribution in [2.75, 3.05) is 26.8 Å². The molecule has 1 saturated heterocycles. The number of rotatable bonds is 14. The molecule has 0 aliphatic carbocycles. The van der Waals surface area contributed by atoms with Gasteiger partial charge in [0.15, 0.2) is 6.23 Å². The van der Waals surface area contributed by atoms with E-state index in [1.165, 1.54) is 4.90 Å². The number of nitrogens with zero attached hydrogens (tertiary/aromatic N) is 2. The number of likely N-dealkylation sites (N-methyl/N-ethyl adjacent to an activating group) is 1. The summed E-state index contributed by atoms with van der Waals surface area (Å²) >= 11 is 0. The maximum atomic E-state index is 13.5. The molecule has 212 valence electrons. The fraction of sp³-hybridized carbons (Fsp3) is 0.500. The second kappa shape index (κ2) is 13.8. The summed E-state index contributed by atoms with van der Waals surface area (Å²) in [7, 11) is 1.72. The maximum Gasteiger partial charge on any atom is 0.327 e. The van der Waals surface area contributed by atoms with Gasteiger partial charge in [-0.15, -0.1) is 6.58 Å². The zero-order valence-corrected chi connectivity index (χ0v) is 24.4. The van der Waals surface area contributed by atoms with Crippen molar-refractivity contribution in [1.29, 1.82) is 0 Å². The monoisotopic (exact) mass is 535 g/mol. The second-order valence-electron chi connectivity index (χ2n) is 10.2. The third-order valence-corrected chi connectivity index (χ3v) is 8.10. The average molecular weight is 536 g/mol. The predicted molar refractivity (Wildman–Crippen MR) is 156 cm³/mol. The highest BCUT2D eigenvalue weighted by atomic mass is 16.5. The van der Waals surface area contributed by atoms with Crippen LogP contribution >= 0.6 is 0 Å². The number of hydrogen-bond donors (Lipinski definition) is 1. The largest absolute Gasteiger partial charge is 0.469 e. The van der Waals surface area contributed by atoms with Crippen LogP contribution in [0.3, 0.4) is 0 Å². The molecular weight excluding hydrogens is 490 g/mol. The normalized spacial score (nSPS) is 17.9. The van der Waals surface area contributed by atoms with Crippen LogP contribution in [0.25, 0.3) is 0 Å². The lowest BCUT2D eigenvalue weighted by Crippen LogP contribution is -2.73. The highest BCUT2D eigenvalue weighted by Crippen LogP contribution is 2.46. The number of aryl methyl sites for hydroxylation is 1. The summed E-state index contributed by atoms with van der Waals surface area (Å²) in [5.74, 6) is 0.423. The van der Waals surface area contributed by atoms with E-state index in [0.29, 0.717) is 31.6 Å². The van der Waals surface area contributed by atoms with Gasteiger partial charge in [0.05, 0.1) is 18.7 Å². The van der Waals surface area contributed by atoms with Gasteiger partial charge in [0.25, 0.3) is 0 Å². The third kappa shape index (κ3) is 6.36. The molecule has 2 aromatic rings. The molecule has 1 fully saturated rings. The van der Waals surface area contributed by atoms with Crippen LogP contribution in [0.4, 0.5) is 4.79 Å². The molecule has 0 spiro atoms. The lowest BCUT2D eigenvalue weighted by molar-refractivity contribution is -0.191. The van der Waals surface area contributed by atoms with E-state index >= 15 is 0 Å². The van der Waals surface area contributed by atoms with Gasteiger partial charge in [-0.25, -0.2) is 9.69 Å². The third-order valence-electron chi connectivity index (χ3n) is 8.10. The Morgan fingerprint density at radius 2 is 1.64 bits per heavy atom. The molecular formula is C32H45N3O4. The van der Waals surface area contributed by atoms with Crippen molar-refractivity contribution in [2.45, 2.75) is 72.2 Å². The Kier molecular flexibility index (Phi) is 10.7. The molecule has 0 radical (unpaired) electrons. The number of nitrogens with one attached hydrogen (secondary N) is 1. The number of β-lactam (4-membered cyclic amide) rings is 1. The molecule has 1 unspecified atom stereocenters. The van der Waals surface area contributed by atoms with Crippen LogP contribution in [0, 0.1) is 12.3 Å². The topological polar surface area (TPSA) is 71.1 Å². The summed E-state index contributed by atoms with van der Waals surface area (Å²) in [6.07, 6.45) is 2.80. The first-order valence-corrected chi connectivity index (χ1v) is 14.1. The molecule has 1 aliphatic heterocycles. The van der Waals surface area contributed by atoms with Gasteiger partial charge in [0, 0.05) is 7.11 Å². The Bertz CT molecular complexity index is 1090. The predicted octanol–water partition coefficient (Wildman–Crippen LogP) is 6.40. The molecule has 7 heteroatoms. The number of urea groups is 1. The number of methoxy groups -OCH3 is 1. The lowest BCUT2D eigenvalue weighted by atomic mass is 9.72. The number of amides is 3. The van der Waals surface area contributed by atoms with Gasteiger partial charge >= 0.3 is 6.03 Å². The van der Waals surface area contributed by atoms with Crippen molar-refractivity contribution in [2.24, 2.45) is 5.41 Å². The minimum absolute atomic E-state index is 0.139. The SMILES string of the molecule is C=CCC(NC(=O)N1C(=O)C(CC)(CC)[C@@H]1Oc1ccc([C@H](COC)N(CC)CC)cc1)c1ccc(C)cc1. The second-order valence-corrected chi connectivity index (χ2v) is 10.2. The first-order valence-electron chi connectivity index (χ1n) is 14.1. The maximum absolute atomic E-state index is 13.5. The molecule has 3 atom stereocenters. The van der Waals surface area contributed by atoms with Crippen molar-refractivity contribution in [3.05, 3.63) is 77.9 Å². The van der Waals surface area contributed by atoms with Crippen LogP contribution in [0.5, 0.6) is 5.75 Å². The Balaban J connectivity index is 1.83. The molecule has 7 nitrogen and oxygen atoms in total. The van der Waals surface area contributed by atoms with Crippen LogP contribution in [-0.4, -0.2) is 54.8 Å². The summed E-state index contributed by atoms with van der Waals surface area (Å²) in [5, 5.41) is 3.05. The number of ether oxygens (including phenoxy) is 2. The number of benzene rings is 2. The molecule has 0 bridgehead atoms. The van der Waals surface area contributed by atoms with Gasteiger partial charge in [-0.3, -0.25) is 9.69 Å². The smallest absolute Gasteiger partial charge is 0.327 e. The molecule has 2 aromatic carbocycles. The van der Waals surface area contributed by atoms with E-state index < -0.39 is 17.7 Å². The number of carbonyl (C=O) groups excluding carboxylic acids is 2. The first-order chi connectivity index (χ1) is 18.8. The average Bonchev–Trinajstić information content (AvgIpc) is 2.94. The minimum atomic E-state index is -0.742.